The topological polar surface area (TPSA) is 130 Å². The molecule has 0 spiro atoms. The van der Waals surface area contributed by atoms with E-state index >= 15 is 0 Å². The Labute approximate surface area is 203 Å². The van der Waals surface area contributed by atoms with E-state index in [1.54, 1.807) is 18.3 Å². The third kappa shape index (κ3) is 4.35. The molecule has 0 bridgehead atoms. The lowest BCUT2D eigenvalue weighted by atomic mass is 10.1. The highest BCUT2D eigenvalue weighted by atomic mass is 35.5. The second-order valence-corrected chi connectivity index (χ2v) is 8.51. The largest absolute Gasteiger partial charge is 0.477 e. The van der Waals surface area contributed by atoms with E-state index in [4.69, 9.17) is 16.3 Å². The van der Waals surface area contributed by atoms with Crippen LogP contribution in [0, 0.1) is 0 Å². The molecule has 1 aliphatic rings. The molecule has 1 aromatic carbocycles. The Hall–Kier alpha value is -4.18. The van der Waals surface area contributed by atoms with E-state index in [-0.39, 0.29) is 17.2 Å². The lowest BCUT2D eigenvalue weighted by Gasteiger charge is -2.28. The Bertz CT molecular complexity index is 1520. The van der Waals surface area contributed by atoms with Crippen LogP contribution in [0.15, 0.2) is 64.7 Å². The van der Waals surface area contributed by atoms with Crippen molar-refractivity contribution in [2.45, 2.75) is 18.9 Å². The van der Waals surface area contributed by atoms with Gasteiger partial charge < -0.3 is 19.7 Å². The number of nitrogens with one attached hydrogen (secondary N) is 1. The summed E-state index contributed by atoms with van der Waals surface area (Å²) in [6, 6.07) is 8.71. The molecule has 0 aliphatic carbocycles. The van der Waals surface area contributed by atoms with Crippen LogP contribution in [0.4, 0.5) is 5.69 Å². The maximum Gasteiger partial charge on any atom is 0.341 e. The number of hydrogen-bond donors (Lipinski definition) is 2. The van der Waals surface area contributed by atoms with Gasteiger partial charge in [0.05, 0.1) is 28.5 Å². The molecule has 11 heteroatoms. The van der Waals surface area contributed by atoms with Crippen molar-refractivity contribution in [3.63, 3.8) is 0 Å². The Morgan fingerprint density at radius 1 is 1.26 bits per heavy atom. The first-order valence-corrected chi connectivity index (χ1v) is 11.3. The van der Waals surface area contributed by atoms with Crippen LogP contribution in [-0.4, -0.2) is 49.8 Å². The molecule has 1 aliphatic heterocycles. The van der Waals surface area contributed by atoms with Crippen LogP contribution < -0.4 is 20.6 Å². The molecule has 1 fully saturated rings. The normalized spacial score (nSPS) is 15.5. The third-order valence-corrected chi connectivity index (χ3v) is 6.26. The fraction of sp³-hybridized carbons (Fsp3) is 0.208. The molecular formula is C24H20ClN5O5. The number of aromatic nitrogens is 4. The van der Waals surface area contributed by atoms with E-state index in [0.29, 0.717) is 28.7 Å². The number of aromatic amines is 1. The van der Waals surface area contributed by atoms with E-state index in [0.717, 1.165) is 25.6 Å². The van der Waals surface area contributed by atoms with E-state index < -0.39 is 22.5 Å². The van der Waals surface area contributed by atoms with Crippen molar-refractivity contribution in [1.82, 2.24) is 19.5 Å². The number of H-pyrrole nitrogens is 1. The molecule has 0 saturated carbocycles. The summed E-state index contributed by atoms with van der Waals surface area (Å²) in [5.74, 6) is -0.591. The third-order valence-electron chi connectivity index (χ3n) is 5.95. The molecule has 0 unspecified atom stereocenters. The van der Waals surface area contributed by atoms with Crippen LogP contribution in [0.25, 0.3) is 16.7 Å². The lowest BCUT2D eigenvalue weighted by Crippen LogP contribution is -2.34. The minimum Gasteiger partial charge on any atom is -0.477 e. The minimum absolute atomic E-state index is 0.0247. The van der Waals surface area contributed by atoms with Crippen LogP contribution in [-0.2, 0) is 0 Å². The van der Waals surface area contributed by atoms with Gasteiger partial charge in [0.25, 0.3) is 5.56 Å². The van der Waals surface area contributed by atoms with Crippen molar-refractivity contribution in [3.05, 3.63) is 86.3 Å². The first-order valence-electron chi connectivity index (χ1n) is 10.9. The number of carboxylic acids is 1. The zero-order valence-corrected chi connectivity index (χ0v) is 19.1. The minimum atomic E-state index is -1.37. The molecule has 10 nitrogen and oxygen atoms in total. The monoisotopic (exact) mass is 493 g/mol. The molecule has 35 heavy (non-hydrogen) atoms. The van der Waals surface area contributed by atoms with Gasteiger partial charge >= 0.3 is 5.97 Å². The second-order valence-electron chi connectivity index (χ2n) is 8.11. The van der Waals surface area contributed by atoms with Gasteiger partial charge in [-0.05, 0) is 31.0 Å². The van der Waals surface area contributed by atoms with Gasteiger partial charge in [-0.15, -0.1) is 0 Å². The highest BCUT2D eigenvalue weighted by molar-refractivity contribution is 6.34. The average Bonchev–Trinajstić information content (AvgIpc) is 3.32. The molecule has 0 amide bonds. The van der Waals surface area contributed by atoms with Gasteiger partial charge in [0, 0.05) is 36.6 Å². The van der Waals surface area contributed by atoms with Crippen molar-refractivity contribution in [3.8, 4) is 11.7 Å². The predicted octanol–water partition coefficient (Wildman–Crippen LogP) is 2.87. The summed E-state index contributed by atoms with van der Waals surface area (Å²) < 4.78 is 7.34. The van der Waals surface area contributed by atoms with Crippen LogP contribution in [0.1, 0.15) is 23.2 Å². The van der Waals surface area contributed by atoms with Crippen molar-refractivity contribution in [1.29, 1.82) is 0 Å². The Balaban J connectivity index is 1.61. The second kappa shape index (κ2) is 9.22. The number of carboxylic acid groups (broad SMARTS) is 1. The van der Waals surface area contributed by atoms with E-state index in [1.165, 1.54) is 23.0 Å². The molecule has 4 heterocycles. The number of rotatable bonds is 6. The zero-order chi connectivity index (χ0) is 24.5. The molecule has 4 aromatic rings. The number of fused-ring (bicyclic) bond motifs is 1. The standard InChI is InChI=1S/C24H20ClN5O5/c25-17-8-15-18(30(12-16(23(15)32)24(33)34)20-10-28-21(31)11-27-20)9-19(17)29-7-3-4-14(29)13-35-22-5-1-2-6-26-22/h1-2,5-6,8-12,14H,3-4,7,13H2,(H,28,31)(H,33,34)/t14-/m1/s1. The smallest absolute Gasteiger partial charge is 0.341 e. The van der Waals surface area contributed by atoms with Crippen LogP contribution in [0.3, 0.4) is 0 Å². The van der Waals surface area contributed by atoms with Gasteiger partial charge in [0.15, 0.2) is 5.82 Å². The lowest BCUT2D eigenvalue weighted by molar-refractivity contribution is 0.0695. The number of nitrogens with zero attached hydrogens (tertiary/aromatic N) is 4. The van der Waals surface area contributed by atoms with Gasteiger partial charge in [0.1, 0.15) is 12.2 Å². The molecule has 1 saturated heterocycles. The number of benzene rings is 1. The Morgan fingerprint density at radius 2 is 2.11 bits per heavy atom. The highest BCUT2D eigenvalue weighted by Gasteiger charge is 2.28. The van der Waals surface area contributed by atoms with Gasteiger partial charge in [-0.2, -0.15) is 0 Å². The number of carbonyl (C=O) groups is 1. The molecule has 2 N–H and O–H groups in total. The van der Waals surface area contributed by atoms with Crippen LogP contribution in [0.5, 0.6) is 5.88 Å². The fourth-order valence-corrected chi connectivity index (χ4v) is 4.58. The zero-order valence-electron chi connectivity index (χ0n) is 18.3. The molecular weight excluding hydrogens is 474 g/mol. The Kier molecular flexibility index (Phi) is 5.96. The molecule has 3 aromatic heterocycles. The number of pyridine rings is 2. The maximum atomic E-state index is 12.9. The summed E-state index contributed by atoms with van der Waals surface area (Å²) >= 11 is 6.64. The number of hydrogen-bond acceptors (Lipinski definition) is 7. The molecule has 1 atom stereocenters. The first kappa shape index (κ1) is 22.6. The number of aromatic carboxylic acids is 1. The quantitative estimate of drug-likeness (QED) is 0.419. The average molecular weight is 494 g/mol. The molecule has 178 valence electrons. The van der Waals surface area contributed by atoms with Crippen molar-refractivity contribution in [2.24, 2.45) is 0 Å². The molecule has 5 rings (SSSR count). The molecule has 0 radical (unpaired) electrons. The Morgan fingerprint density at radius 3 is 2.83 bits per heavy atom. The first-order chi connectivity index (χ1) is 16.9. The van der Waals surface area contributed by atoms with Crippen LogP contribution in [0.2, 0.25) is 5.02 Å². The van der Waals surface area contributed by atoms with E-state index in [9.17, 15) is 19.5 Å². The van der Waals surface area contributed by atoms with Crippen molar-refractivity contribution >= 4 is 34.2 Å². The van der Waals surface area contributed by atoms with E-state index in [1.807, 2.05) is 12.1 Å². The summed E-state index contributed by atoms with van der Waals surface area (Å²) in [6.07, 6.45) is 7.12. The number of anilines is 1. The SMILES string of the molecule is O=C(O)c1cn(-c2c[nH]c(=O)cn2)c2cc(N3CCC[C@@H]3COc3ccccn3)c(Cl)cc2c1=O. The summed E-state index contributed by atoms with van der Waals surface area (Å²) in [5.41, 5.74) is -0.397. The predicted molar refractivity (Wildman–Crippen MR) is 130 cm³/mol. The van der Waals surface area contributed by atoms with Gasteiger partial charge in [-0.3, -0.25) is 14.2 Å². The van der Waals surface area contributed by atoms with Crippen LogP contribution >= 0.6 is 11.6 Å². The van der Waals surface area contributed by atoms with Crippen molar-refractivity contribution < 1.29 is 14.6 Å². The summed E-state index contributed by atoms with van der Waals surface area (Å²) in [7, 11) is 0. The highest BCUT2D eigenvalue weighted by Crippen LogP contribution is 2.35. The number of ether oxygens (including phenoxy) is 1. The van der Waals surface area contributed by atoms with Gasteiger partial charge in [-0.25, -0.2) is 14.8 Å². The summed E-state index contributed by atoms with van der Waals surface area (Å²) in [4.78, 5) is 49.1. The fourth-order valence-electron chi connectivity index (χ4n) is 4.30. The number of halogens is 1. The van der Waals surface area contributed by atoms with Crippen molar-refractivity contribution in [2.75, 3.05) is 18.1 Å². The summed E-state index contributed by atoms with van der Waals surface area (Å²) in [6.45, 7) is 1.13. The van der Waals surface area contributed by atoms with Gasteiger partial charge in [-0.1, -0.05) is 17.7 Å². The summed E-state index contributed by atoms with van der Waals surface area (Å²) in [5, 5.41) is 10.0. The van der Waals surface area contributed by atoms with Gasteiger partial charge in [0.2, 0.25) is 11.3 Å². The maximum absolute atomic E-state index is 12.9. The van der Waals surface area contributed by atoms with E-state index in [2.05, 4.69) is 19.9 Å².